The fraction of sp³-hybridized carbons (Fsp3) is 0.250. The molecule has 0 radical (unpaired) electrons. The summed E-state index contributed by atoms with van der Waals surface area (Å²) in [5, 5.41) is 17.5. The van der Waals surface area contributed by atoms with Crippen molar-refractivity contribution >= 4 is 23.2 Å². The fourth-order valence-corrected chi connectivity index (χ4v) is 1.87. The lowest BCUT2D eigenvalue weighted by Crippen LogP contribution is -2.26. The van der Waals surface area contributed by atoms with Crippen LogP contribution in [0.3, 0.4) is 0 Å². The minimum atomic E-state index is -0.628. The van der Waals surface area contributed by atoms with Gasteiger partial charge in [0, 0.05) is 31.6 Å². The van der Waals surface area contributed by atoms with Crippen molar-refractivity contribution in [1.82, 2.24) is 20.1 Å². The summed E-state index contributed by atoms with van der Waals surface area (Å²) in [5.41, 5.74) is -0.115. The van der Waals surface area contributed by atoms with E-state index in [1.54, 1.807) is 18.1 Å². The largest absolute Gasteiger partial charge is 0.352 e. The number of halogens is 1. The van der Waals surface area contributed by atoms with Crippen molar-refractivity contribution in [2.45, 2.75) is 6.42 Å². The quantitative estimate of drug-likeness (QED) is 0.663. The summed E-state index contributed by atoms with van der Waals surface area (Å²) in [6, 6.07) is 3.91. The number of nitrogens with one attached hydrogen (secondary N) is 1. The van der Waals surface area contributed by atoms with E-state index in [4.69, 9.17) is 11.6 Å². The molecule has 1 N–H and O–H groups in total. The predicted molar refractivity (Wildman–Crippen MR) is 75.1 cm³/mol. The number of nitro groups is 1. The number of nitrogens with zero attached hydrogens (tertiary/aromatic N) is 4. The van der Waals surface area contributed by atoms with Crippen molar-refractivity contribution in [3.63, 3.8) is 0 Å². The Morgan fingerprint density at radius 3 is 2.90 bits per heavy atom. The smallest absolute Gasteiger partial charge is 0.288 e. The second-order valence-electron chi connectivity index (χ2n) is 4.26. The van der Waals surface area contributed by atoms with Crippen LogP contribution in [0.2, 0.25) is 5.02 Å². The number of hydrogen-bond acceptors (Lipinski definition) is 5. The van der Waals surface area contributed by atoms with Gasteiger partial charge in [0.25, 0.3) is 11.6 Å². The van der Waals surface area contributed by atoms with Crippen molar-refractivity contribution in [3.05, 3.63) is 51.1 Å². The SMILES string of the molecule is Cn1cnc(CCNC(=O)c2ccc(Cl)c([N+](=O)[O-])c2)n1. The first-order chi connectivity index (χ1) is 9.97. The van der Waals surface area contributed by atoms with Gasteiger partial charge in [-0.3, -0.25) is 19.6 Å². The summed E-state index contributed by atoms with van der Waals surface area (Å²) in [6.07, 6.45) is 2.04. The molecule has 0 aliphatic rings. The van der Waals surface area contributed by atoms with Crippen LogP contribution in [0, 0.1) is 10.1 Å². The van der Waals surface area contributed by atoms with E-state index < -0.39 is 10.8 Å². The van der Waals surface area contributed by atoms with Crippen LogP contribution in [-0.2, 0) is 13.5 Å². The number of aromatic nitrogens is 3. The molecular formula is C12H12ClN5O3. The van der Waals surface area contributed by atoms with Crippen LogP contribution >= 0.6 is 11.6 Å². The Balaban J connectivity index is 1.97. The molecule has 0 bridgehead atoms. The highest BCUT2D eigenvalue weighted by molar-refractivity contribution is 6.32. The lowest BCUT2D eigenvalue weighted by atomic mass is 10.2. The van der Waals surface area contributed by atoms with Gasteiger partial charge in [-0.1, -0.05) is 11.6 Å². The number of hydrogen-bond donors (Lipinski definition) is 1. The number of carbonyl (C=O) groups excluding carboxylic acids is 1. The zero-order chi connectivity index (χ0) is 15.4. The van der Waals surface area contributed by atoms with Crippen molar-refractivity contribution in [1.29, 1.82) is 0 Å². The Labute approximate surface area is 124 Å². The van der Waals surface area contributed by atoms with Crippen LogP contribution < -0.4 is 5.32 Å². The highest BCUT2D eigenvalue weighted by Gasteiger charge is 2.16. The molecule has 2 aromatic rings. The number of nitro benzene ring substituents is 1. The molecule has 1 aromatic carbocycles. The maximum atomic E-state index is 11.9. The van der Waals surface area contributed by atoms with E-state index in [1.807, 2.05) is 0 Å². The summed E-state index contributed by atoms with van der Waals surface area (Å²) < 4.78 is 1.57. The zero-order valence-electron chi connectivity index (χ0n) is 11.1. The van der Waals surface area contributed by atoms with E-state index in [9.17, 15) is 14.9 Å². The molecule has 2 rings (SSSR count). The lowest BCUT2D eigenvalue weighted by Gasteiger charge is -2.04. The minimum absolute atomic E-state index is 0.00534. The standard InChI is InChI=1S/C12H12ClN5O3/c1-17-7-15-11(16-17)4-5-14-12(19)8-2-3-9(13)10(6-8)18(20)21/h2-3,6-7H,4-5H2,1H3,(H,14,19). The first-order valence-electron chi connectivity index (χ1n) is 6.04. The first-order valence-corrected chi connectivity index (χ1v) is 6.42. The summed E-state index contributed by atoms with van der Waals surface area (Å²) in [6.45, 7) is 0.333. The van der Waals surface area contributed by atoms with Gasteiger partial charge >= 0.3 is 0 Å². The normalized spacial score (nSPS) is 10.4. The van der Waals surface area contributed by atoms with Gasteiger partial charge < -0.3 is 5.32 Å². The Morgan fingerprint density at radius 2 is 2.29 bits per heavy atom. The third kappa shape index (κ3) is 3.76. The van der Waals surface area contributed by atoms with E-state index in [1.165, 1.54) is 12.1 Å². The zero-order valence-corrected chi connectivity index (χ0v) is 11.9. The van der Waals surface area contributed by atoms with Crippen LogP contribution in [0.1, 0.15) is 16.2 Å². The molecule has 0 atom stereocenters. The number of amides is 1. The maximum absolute atomic E-state index is 11.9. The molecule has 0 unspecified atom stereocenters. The topological polar surface area (TPSA) is 103 Å². The van der Waals surface area contributed by atoms with Gasteiger partial charge in [0.1, 0.15) is 11.3 Å². The van der Waals surface area contributed by atoms with Crippen LogP contribution in [-0.4, -0.2) is 32.1 Å². The van der Waals surface area contributed by atoms with Crippen LogP contribution in [0.15, 0.2) is 24.5 Å². The van der Waals surface area contributed by atoms with E-state index in [2.05, 4.69) is 15.4 Å². The Hall–Kier alpha value is -2.48. The van der Waals surface area contributed by atoms with Crippen molar-refractivity contribution in [3.8, 4) is 0 Å². The van der Waals surface area contributed by atoms with Crippen molar-refractivity contribution in [2.24, 2.45) is 7.05 Å². The molecule has 1 aromatic heterocycles. The highest BCUT2D eigenvalue weighted by Crippen LogP contribution is 2.24. The van der Waals surface area contributed by atoms with Crippen LogP contribution in [0.5, 0.6) is 0 Å². The summed E-state index contributed by atoms with van der Waals surface area (Å²) in [4.78, 5) is 26.1. The van der Waals surface area contributed by atoms with E-state index >= 15 is 0 Å². The second kappa shape index (κ2) is 6.31. The van der Waals surface area contributed by atoms with Gasteiger partial charge in [0.2, 0.25) is 0 Å². The van der Waals surface area contributed by atoms with Crippen molar-refractivity contribution < 1.29 is 9.72 Å². The monoisotopic (exact) mass is 309 g/mol. The molecule has 0 saturated carbocycles. The summed E-state index contributed by atoms with van der Waals surface area (Å²) in [7, 11) is 1.75. The molecule has 8 nitrogen and oxygen atoms in total. The molecule has 0 fully saturated rings. The van der Waals surface area contributed by atoms with Gasteiger partial charge in [0.05, 0.1) is 4.92 Å². The molecular weight excluding hydrogens is 298 g/mol. The number of aryl methyl sites for hydroxylation is 1. The predicted octanol–water partition coefficient (Wildman–Crippen LogP) is 1.35. The molecule has 0 saturated heterocycles. The molecule has 1 heterocycles. The van der Waals surface area contributed by atoms with E-state index in [0.717, 1.165) is 6.07 Å². The Morgan fingerprint density at radius 1 is 1.52 bits per heavy atom. The van der Waals surface area contributed by atoms with Gasteiger partial charge in [-0.25, -0.2) is 4.98 Å². The number of rotatable bonds is 5. The van der Waals surface area contributed by atoms with E-state index in [-0.39, 0.29) is 16.3 Å². The summed E-state index contributed by atoms with van der Waals surface area (Å²) >= 11 is 5.69. The van der Waals surface area contributed by atoms with E-state index in [0.29, 0.717) is 18.8 Å². The van der Waals surface area contributed by atoms with Gasteiger partial charge in [-0.15, -0.1) is 0 Å². The van der Waals surface area contributed by atoms with Gasteiger partial charge in [-0.2, -0.15) is 5.10 Å². The Bertz CT molecular complexity index is 685. The number of benzene rings is 1. The van der Waals surface area contributed by atoms with Gasteiger partial charge in [0.15, 0.2) is 5.82 Å². The third-order valence-electron chi connectivity index (χ3n) is 2.69. The molecule has 0 spiro atoms. The average molecular weight is 310 g/mol. The van der Waals surface area contributed by atoms with Crippen molar-refractivity contribution in [2.75, 3.05) is 6.54 Å². The Kier molecular flexibility index (Phi) is 4.49. The molecule has 110 valence electrons. The van der Waals surface area contributed by atoms with Gasteiger partial charge in [-0.05, 0) is 12.1 Å². The number of carbonyl (C=O) groups is 1. The summed E-state index contributed by atoms with van der Waals surface area (Å²) in [5.74, 6) is 0.200. The fourth-order valence-electron chi connectivity index (χ4n) is 1.68. The molecule has 0 aliphatic heterocycles. The maximum Gasteiger partial charge on any atom is 0.288 e. The average Bonchev–Trinajstić information content (AvgIpc) is 2.84. The highest BCUT2D eigenvalue weighted by atomic mass is 35.5. The van der Waals surface area contributed by atoms with Crippen LogP contribution in [0.4, 0.5) is 5.69 Å². The minimum Gasteiger partial charge on any atom is -0.352 e. The molecule has 0 aliphatic carbocycles. The third-order valence-corrected chi connectivity index (χ3v) is 3.01. The lowest BCUT2D eigenvalue weighted by molar-refractivity contribution is -0.384. The molecule has 1 amide bonds. The van der Waals surface area contributed by atoms with Crippen LogP contribution in [0.25, 0.3) is 0 Å². The first kappa shape index (κ1) is 14.9. The molecule has 21 heavy (non-hydrogen) atoms. The molecule has 9 heteroatoms. The second-order valence-corrected chi connectivity index (χ2v) is 4.67.